The highest BCUT2D eigenvalue weighted by atomic mass is 16.3. The Morgan fingerprint density at radius 3 is 2.73 bits per heavy atom. The number of furan rings is 1. The monoisotopic (exact) mass is 300 g/mol. The molecule has 1 N–H and O–H groups in total. The Labute approximate surface area is 133 Å². The Kier molecular flexibility index (Phi) is 2.98. The lowest BCUT2D eigenvalue weighted by Crippen LogP contribution is -2.59. The van der Waals surface area contributed by atoms with Crippen molar-refractivity contribution in [2.24, 2.45) is 28.1 Å². The molecule has 1 unspecified atom stereocenters. The molecule has 1 aromatic rings. The first kappa shape index (κ1) is 14.6. The van der Waals surface area contributed by atoms with Crippen molar-refractivity contribution in [1.82, 2.24) is 0 Å². The second-order valence-electron chi connectivity index (χ2n) is 8.79. The van der Waals surface area contributed by atoms with Crippen LogP contribution in [-0.2, 0) is 0 Å². The molecule has 0 spiro atoms. The van der Waals surface area contributed by atoms with E-state index in [2.05, 4.69) is 26.8 Å². The van der Waals surface area contributed by atoms with Crippen LogP contribution in [0.5, 0.6) is 0 Å². The summed E-state index contributed by atoms with van der Waals surface area (Å²) in [4.78, 5) is 0. The average molecular weight is 300 g/mol. The van der Waals surface area contributed by atoms with Gasteiger partial charge in [0.05, 0.1) is 12.9 Å². The van der Waals surface area contributed by atoms with E-state index in [-0.39, 0.29) is 12.0 Å². The van der Waals surface area contributed by atoms with E-state index in [1.165, 1.54) is 31.3 Å². The lowest BCUT2D eigenvalue weighted by atomic mass is 9.38. The van der Waals surface area contributed by atoms with Crippen LogP contribution in [0.2, 0.25) is 0 Å². The molecule has 22 heavy (non-hydrogen) atoms. The molecular weight excluding hydrogens is 272 g/mol. The SMILES string of the molecule is CC1(C)CCC[C@@]2(C)[C@H]1CCC1(CO)C(c3ccco3)=C[C@@H]12. The van der Waals surface area contributed by atoms with Gasteiger partial charge in [-0.1, -0.05) is 33.3 Å². The summed E-state index contributed by atoms with van der Waals surface area (Å²) in [6.45, 7) is 7.66. The number of rotatable bonds is 2. The van der Waals surface area contributed by atoms with Crippen LogP contribution >= 0.6 is 0 Å². The fraction of sp³-hybridized carbons (Fsp3) is 0.700. The second-order valence-corrected chi connectivity index (χ2v) is 8.79. The van der Waals surface area contributed by atoms with Crippen LogP contribution in [-0.4, -0.2) is 11.7 Å². The summed E-state index contributed by atoms with van der Waals surface area (Å²) >= 11 is 0. The van der Waals surface area contributed by atoms with Crippen LogP contribution in [0.1, 0.15) is 58.6 Å². The van der Waals surface area contributed by atoms with Gasteiger partial charge in [0.15, 0.2) is 0 Å². The molecule has 0 bridgehead atoms. The summed E-state index contributed by atoms with van der Waals surface area (Å²) in [5.74, 6) is 2.23. The van der Waals surface area contributed by atoms with Gasteiger partial charge in [0.25, 0.3) is 0 Å². The van der Waals surface area contributed by atoms with Gasteiger partial charge in [-0.05, 0) is 60.5 Å². The van der Waals surface area contributed by atoms with E-state index < -0.39 is 0 Å². The van der Waals surface area contributed by atoms with E-state index in [0.717, 1.165) is 18.1 Å². The van der Waals surface area contributed by atoms with E-state index in [9.17, 15) is 5.11 Å². The molecule has 2 nitrogen and oxygen atoms in total. The van der Waals surface area contributed by atoms with E-state index in [4.69, 9.17) is 4.42 Å². The van der Waals surface area contributed by atoms with Crippen molar-refractivity contribution in [1.29, 1.82) is 0 Å². The van der Waals surface area contributed by atoms with Gasteiger partial charge in [-0.25, -0.2) is 0 Å². The minimum absolute atomic E-state index is 0.0590. The number of allylic oxidation sites excluding steroid dienone is 1. The first-order chi connectivity index (χ1) is 10.4. The number of hydrogen-bond acceptors (Lipinski definition) is 2. The maximum Gasteiger partial charge on any atom is 0.130 e. The fourth-order valence-corrected chi connectivity index (χ4v) is 6.36. The van der Waals surface area contributed by atoms with Gasteiger partial charge < -0.3 is 9.52 Å². The van der Waals surface area contributed by atoms with Gasteiger partial charge in [-0.15, -0.1) is 0 Å². The fourth-order valence-electron chi connectivity index (χ4n) is 6.36. The largest absolute Gasteiger partial charge is 0.465 e. The lowest BCUT2D eigenvalue weighted by molar-refractivity contribution is -0.120. The number of fused-ring (bicyclic) bond motifs is 3. The zero-order valence-corrected chi connectivity index (χ0v) is 14.1. The Morgan fingerprint density at radius 1 is 1.23 bits per heavy atom. The van der Waals surface area contributed by atoms with Crippen LogP contribution in [0.3, 0.4) is 0 Å². The molecule has 0 aliphatic heterocycles. The van der Waals surface area contributed by atoms with Crippen LogP contribution in [0.15, 0.2) is 28.9 Å². The average Bonchev–Trinajstić information content (AvgIpc) is 2.93. The molecule has 4 rings (SSSR count). The smallest absolute Gasteiger partial charge is 0.130 e. The molecular formula is C20H28O2. The van der Waals surface area contributed by atoms with E-state index in [1.54, 1.807) is 6.26 Å². The summed E-state index contributed by atoms with van der Waals surface area (Å²) in [5.41, 5.74) is 1.96. The third-order valence-corrected chi connectivity index (χ3v) is 7.40. The Morgan fingerprint density at radius 2 is 2.05 bits per heavy atom. The van der Waals surface area contributed by atoms with Crippen molar-refractivity contribution >= 4 is 5.57 Å². The van der Waals surface area contributed by atoms with Crippen molar-refractivity contribution in [3.05, 3.63) is 30.2 Å². The summed E-state index contributed by atoms with van der Waals surface area (Å²) in [6, 6.07) is 3.99. The Balaban J connectivity index is 1.77. The first-order valence-electron chi connectivity index (χ1n) is 8.81. The zero-order chi connectivity index (χ0) is 15.6. The quantitative estimate of drug-likeness (QED) is 0.843. The molecule has 0 amide bonds. The van der Waals surface area contributed by atoms with Crippen LogP contribution in [0.4, 0.5) is 0 Å². The molecule has 3 aliphatic rings. The van der Waals surface area contributed by atoms with Crippen LogP contribution in [0, 0.1) is 28.1 Å². The third kappa shape index (κ3) is 1.65. The van der Waals surface area contributed by atoms with Crippen molar-refractivity contribution in [3.8, 4) is 0 Å². The van der Waals surface area contributed by atoms with Crippen LogP contribution < -0.4 is 0 Å². The molecule has 4 atom stereocenters. The lowest BCUT2D eigenvalue weighted by Gasteiger charge is -2.66. The van der Waals surface area contributed by atoms with E-state index >= 15 is 0 Å². The number of aliphatic hydroxyl groups excluding tert-OH is 1. The highest BCUT2D eigenvalue weighted by Gasteiger charge is 2.64. The molecule has 2 heteroatoms. The molecule has 1 heterocycles. The number of aliphatic hydroxyl groups is 1. The molecule has 0 aromatic carbocycles. The maximum atomic E-state index is 10.3. The van der Waals surface area contributed by atoms with Gasteiger partial charge in [-0.3, -0.25) is 0 Å². The highest BCUT2D eigenvalue weighted by Crippen LogP contribution is 2.71. The molecule has 1 aromatic heterocycles. The topological polar surface area (TPSA) is 33.4 Å². The highest BCUT2D eigenvalue weighted by molar-refractivity contribution is 5.75. The van der Waals surface area contributed by atoms with Crippen LogP contribution in [0.25, 0.3) is 5.57 Å². The predicted octanol–water partition coefficient (Wildman–Crippen LogP) is 4.90. The van der Waals surface area contributed by atoms with E-state index in [0.29, 0.717) is 16.7 Å². The van der Waals surface area contributed by atoms with Gasteiger partial charge in [0, 0.05) is 11.0 Å². The molecule has 2 fully saturated rings. The van der Waals surface area contributed by atoms with Crippen molar-refractivity contribution in [2.45, 2.75) is 52.9 Å². The zero-order valence-electron chi connectivity index (χ0n) is 14.1. The molecule has 2 saturated carbocycles. The van der Waals surface area contributed by atoms with Crippen molar-refractivity contribution in [3.63, 3.8) is 0 Å². The molecule has 120 valence electrons. The molecule has 0 radical (unpaired) electrons. The predicted molar refractivity (Wildman–Crippen MR) is 88.2 cm³/mol. The van der Waals surface area contributed by atoms with Gasteiger partial charge in [0.2, 0.25) is 0 Å². The normalized spacial score (nSPS) is 42.8. The van der Waals surface area contributed by atoms with Gasteiger partial charge >= 0.3 is 0 Å². The Bertz CT molecular complexity index is 597. The second kappa shape index (κ2) is 4.50. The summed E-state index contributed by atoms with van der Waals surface area (Å²) in [7, 11) is 0. The van der Waals surface area contributed by atoms with Crippen molar-refractivity contribution in [2.75, 3.05) is 6.61 Å². The summed E-state index contributed by atoms with van der Waals surface area (Å²) in [5, 5.41) is 10.3. The maximum absolute atomic E-state index is 10.3. The van der Waals surface area contributed by atoms with Gasteiger partial charge in [-0.2, -0.15) is 0 Å². The summed E-state index contributed by atoms with van der Waals surface area (Å²) in [6.07, 6.45) is 10.5. The minimum atomic E-state index is -0.0590. The Hall–Kier alpha value is -1.02. The molecule has 3 aliphatic carbocycles. The van der Waals surface area contributed by atoms with Gasteiger partial charge in [0.1, 0.15) is 5.76 Å². The first-order valence-corrected chi connectivity index (χ1v) is 8.81. The third-order valence-electron chi connectivity index (χ3n) is 7.40. The molecule has 0 saturated heterocycles. The standard InChI is InChI=1S/C20H28O2/c1-18(2)8-5-9-19(3)16(18)7-10-20(13-21)14(12-17(19)20)15-6-4-11-22-15/h4,6,11-12,16-17,21H,5,7-10,13H2,1-3H3/t16-,17+,19-,20?/m0/s1. The summed E-state index contributed by atoms with van der Waals surface area (Å²) < 4.78 is 5.64. The van der Waals surface area contributed by atoms with Crippen molar-refractivity contribution < 1.29 is 9.52 Å². The minimum Gasteiger partial charge on any atom is -0.465 e. The number of hydrogen-bond donors (Lipinski definition) is 1. The van der Waals surface area contributed by atoms with E-state index in [1.807, 2.05) is 12.1 Å².